The first-order valence-electron chi connectivity index (χ1n) is 14.0. The van der Waals surface area contributed by atoms with Gasteiger partial charge in [-0.15, -0.1) is 0 Å². The number of nitro benzene ring substituents is 1. The largest absolute Gasteiger partial charge is 0.323 e. The number of imidazole rings is 1. The summed E-state index contributed by atoms with van der Waals surface area (Å²) >= 11 is 0. The Labute approximate surface area is 245 Å². The highest BCUT2D eigenvalue weighted by Gasteiger charge is 2.68. The van der Waals surface area contributed by atoms with E-state index in [2.05, 4.69) is 20.5 Å². The quantitative estimate of drug-likeness (QED) is 0.126. The van der Waals surface area contributed by atoms with Crippen LogP contribution in [-0.4, -0.2) is 32.9 Å². The standard InChI is InChI=1S/C33H24N6O4/c1-18-14-15-25(26(16-18)39(42)43)38-30(40)28-27-19-8-2-4-10-21(19)33(29(28)31(38)41,22-11-5-3-9-20(22)27)17-34-37-32-35-23-12-6-7-13-24(23)36-32/h2-17,27-29H,1H3,(H2,35,36,37)/b34-17-/t27?,28-,29+,33?/m1/s1. The van der Waals surface area contributed by atoms with Crippen LogP contribution in [0.1, 0.15) is 33.7 Å². The van der Waals surface area contributed by atoms with E-state index in [1.165, 1.54) is 12.1 Å². The number of anilines is 2. The first-order valence-corrected chi connectivity index (χ1v) is 14.0. The fourth-order valence-electron chi connectivity index (χ4n) is 7.46. The summed E-state index contributed by atoms with van der Waals surface area (Å²) in [6.45, 7) is 1.73. The Hall–Kier alpha value is -5.64. The molecule has 2 bridgehead atoms. The molecular weight excluding hydrogens is 544 g/mol. The summed E-state index contributed by atoms with van der Waals surface area (Å²) in [7, 11) is 0. The number of hydrogen-bond acceptors (Lipinski definition) is 7. The molecule has 43 heavy (non-hydrogen) atoms. The molecular formula is C33H24N6O4. The van der Waals surface area contributed by atoms with Crippen LogP contribution >= 0.6 is 0 Å². The van der Waals surface area contributed by atoms with Crippen molar-refractivity contribution >= 4 is 46.4 Å². The molecule has 10 heteroatoms. The number of aryl methyl sites for hydroxylation is 1. The molecule has 0 radical (unpaired) electrons. The Morgan fingerprint density at radius 3 is 2.33 bits per heavy atom. The zero-order valence-corrected chi connectivity index (χ0v) is 22.9. The molecule has 4 aliphatic rings. The molecule has 210 valence electrons. The van der Waals surface area contributed by atoms with Gasteiger partial charge in [0.1, 0.15) is 5.69 Å². The normalized spacial score (nSPS) is 23.5. The number of hydrazone groups is 1. The lowest BCUT2D eigenvalue weighted by atomic mass is 9.47. The van der Waals surface area contributed by atoms with Gasteiger partial charge >= 0.3 is 0 Å². The molecule has 1 fully saturated rings. The molecule has 1 aromatic heterocycles. The van der Waals surface area contributed by atoms with Crippen molar-refractivity contribution in [2.75, 3.05) is 10.3 Å². The van der Waals surface area contributed by atoms with E-state index in [4.69, 9.17) is 0 Å². The highest BCUT2D eigenvalue weighted by atomic mass is 16.6. The molecule has 2 amide bonds. The Morgan fingerprint density at radius 1 is 0.953 bits per heavy atom. The van der Waals surface area contributed by atoms with Crippen LogP contribution in [0.25, 0.3) is 11.0 Å². The van der Waals surface area contributed by atoms with E-state index in [-0.39, 0.29) is 17.3 Å². The lowest BCUT2D eigenvalue weighted by molar-refractivity contribution is -0.384. The first-order chi connectivity index (χ1) is 20.9. The van der Waals surface area contributed by atoms with E-state index in [1.807, 2.05) is 72.8 Å². The number of fused-ring (bicyclic) bond motifs is 1. The van der Waals surface area contributed by atoms with Crippen molar-refractivity contribution in [1.29, 1.82) is 0 Å². The second kappa shape index (κ2) is 8.93. The summed E-state index contributed by atoms with van der Waals surface area (Å²) in [5.74, 6) is -2.51. The minimum absolute atomic E-state index is 0.0139. The van der Waals surface area contributed by atoms with Crippen molar-refractivity contribution < 1.29 is 14.5 Å². The number of carbonyl (C=O) groups is 2. The minimum atomic E-state index is -1.12. The van der Waals surface area contributed by atoms with Gasteiger partial charge in [-0.2, -0.15) is 5.10 Å². The number of imide groups is 1. The van der Waals surface area contributed by atoms with Gasteiger partial charge in [0.15, 0.2) is 0 Å². The summed E-state index contributed by atoms with van der Waals surface area (Å²) in [5, 5.41) is 16.7. The van der Waals surface area contributed by atoms with Crippen LogP contribution in [0.4, 0.5) is 17.3 Å². The smallest absolute Gasteiger partial charge is 0.293 e. The molecule has 2 N–H and O–H groups in total. The summed E-state index contributed by atoms with van der Waals surface area (Å²) in [6, 6.07) is 27.8. The van der Waals surface area contributed by atoms with Gasteiger partial charge in [0.05, 0.1) is 33.2 Å². The predicted molar refractivity (Wildman–Crippen MR) is 161 cm³/mol. The van der Waals surface area contributed by atoms with E-state index in [1.54, 1.807) is 19.2 Å². The summed E-state index contributed by atoms with van der Waals surface area (Å²) in [5.41, 5.74) is 7.53. The average Bonchev–Trinajstić information content (AvgIpc) is 3.55. The zero-order valence-electron chi connectivity index (χ0n) is 22.9. The lowest BCUT2D eigenvalue weighted by Gasteiger charge is -2.52. The maximum absolute atomic E-state index is 14.6. The van der Waals surface area contributed by atoms with Gasteiger partial charge in [-0.1, -0.05) is 66.7 Å². The number of nitrogens with zero attached hydrogens (tertiary/aromatic N) is 4. The molecule has 9 rings (SSSR count). The Morgan fingerprint density at radius 2 is 1.63 bits per heavy atom. The van der Waals surface area contributed by atoms with Crippen molar-refractivity contribution in [2.45, 2.75) is 18.3 Å². The topological polar surface area (TPSA) is 134 Å². The van der Waals surface area contributed by atoms with Crippen LogP contribution in [0.3, 0.4) is 0 Å². The van der Waals surface area contributed by atoms with Gasteiger partial charge in [-0.3, -0.25) is 19.7 Å². The highest BCUT2D eigenvalue weighted by molar-refractivity contribution is 6.25. The zero-order chi connectivity index (χ0) is 29.5. The predicted octanol–water partition coefficient (Wildman–Crippen LogP) is 5.43. The maximum atomic E-state index is 14.6. The summed E-state index contributed by atoms with van der Waals surface area (Å²) in [6.07, 6.45) is 1.71. The monoisotopic (exact) mass is 568 g/mol. The maximum Gasteiger partial charge on any atom is 0.293 e. The van der Waals surface area contributed by atoms with E-state index < -0.39 is 34.0 Å². The van der Waals surface area contributed by atoms with Gasteiger partial charge in [-0.25, -0.2) is 15.3 Å². The van der Waals surface area contributed by atoms with Gasteiger partial charge < -0.3 is 4.98 Å². The molecule has 2 heterocycles. The van der Waals surface area contributed by atoms with Gasteiger partial charge in [0.25, 0.3) is 5.69 Å². The molecule has 0 spiro atoms. The number of aromatic amines is 1. The summed E-state index contributed by atoms with van der Waals surface area (Å²) in [4.78, 5) is 49.2. The second-order valence-electron chi connectivity index (χ2n) is 11.3. The number of aromatic nitrogens is 2. The average molecular weight is 569 g/mol. The number of carbonyl (C=O) groups excluding carboxylic acids is 2. The van der Waals surface area contributed by atoms with Crippen LogP contribution in [0.5, 0.6) is 0 Å². The second-order valence-corrected chi connectivity index (χ2v) is 11.3. The number of para-hydroxylation sites is 2. The number of nitrogens with one attached hydrogen (secondary N) is 2. The Balaban J connectivity index is 1.32. The molecule has 3 aliphatic carbocycles. The number of H-pyrrole nitrogens is 1. The van der Waals surface area contributed by atoms with Crippen LogP contribution < -0.4 is 10.3 Å². The van der Waals surface area contributed by atoms with Crippen LogP contribution in [0.2, 0.25) is 0 Å². The number of hydrogen-bond donors (Lipinski definition) is 2. The molecule has 1 saturated heterocycles. The van der Waals surface area contributed by atoms with Gasteiger partial charge in [0, 0.05) is 18.2 Å². The van der Waals surface area contributed by atoms with Crippen molar-refractivity contribution in [1.82, 2.24) is 9.97 Å². The van der Waals surface area contributed by atoms with E-state index >= 15 is 0 Å². The van der Waals surface area contributed by atoms with Gasteiger partial charge in [0.2, 0.25) is 17.8 Å². The number of benzene rings is 4. The molecule has 0 saturated carbocycles. The van der Waals surface area contributed by atoms with Crippen molar-refractivity contribution in [3.8, 4) is 0 Å². The van der Waals surface area contributed by atoms with E-state index in [0.29, 0.717) is 11.5 Å². The fourth-order valence-corrected chi connectivity index (χ4v) is 7.46. The molecule has 2 atom stereocenters. The van der Waals surface area contributed by atoms with Crippen LogP contribution in [0.15, 0.2) is 96.1 Å². The molecule has 10 nitrogen and oxygen atoms in total. The van der Waals surface area contributed by atoms with Gasteiger partial charge in [-0.05, 0) is 52.9 Å². The Kier molecular flexibility index (Phi) is 5.21. The highest BCUT2D eigenvalue weighted by Crippen LogP contribution is 2.64. The number of rotatable bonds is 5. The molecule has 0 unspecified atom stereocenters. The summed E-state index contributed by atoms with van der Waals surface area (Å²) < 4.78 is 0. The third kappa shape index (κ3) is 3.34. The molecule has 1 aliphatic heterocycles. The third-order valence-electron chi connectivity index (χ3n) is 9.08. The van der Waals surface area contributed by atoms with Crippen molar-refractivity contribution in [2.24, 2.45) is 16.9 Å². The number of amides is 2. The minimum Gasteiger partial charge on any atom is -0.323 e. The van der Waals surface area contributed by atoms with Crippen LogP contribution in [0, 0.1) is 28.9 Å². The van der Waals surface area contributed by atoms with E-state index in [9.17, 15) is 19.7 Å². The Bertz CT molecular complexity index is 1970. The lowest BCUT2D eigenvalue weighted by Crippen LogP contribution is -2.54. The van der Waals surface area contributed by atoms with Crippen molar-refractivity contribution in [3.05, 3.63) is 129 Å². The van der Waals surface area contributed by atoms with Crippen molar-refractivity contribution in [3.63, 3.8) is 0 Å². The van der Waals surface area contributed by atoms with Crippen LogP contribution in [-0.2, 0) is 15.0 Å². The van der Waals surface area contributed by atoms with E-state index in [0.717, 1.165) is 38.2 Å². The molecule has 4 aromatic carbocycles. The fraction of sp³-hybridized carbons (Fsp3) is 0.152. The molecule has 5 aromatic rings. The first kappa shape index (κ1) is 25.1. The number of nitro groups is 1. The third-order valence-corrected chi connectivity index (χ3v) is 9.08. The SMILES string of the molecule is Cc1ccc(N2C(=O)[C@@H]3C4c5ccccc5C(/C=N\Nc5nc6ccccc6[nH]5)(c5ccccc54)[C@@H]3C2=O)c([N+](=O)[O-])c1.